The maximum absolute atomic E-state index is 13.0. The lowest BCUT2D eigenvalue weighted by Gasteiger charge is -2.27. The zero-order chi connectivity index (χ0) is 22.6. The van der Waals surface area contributed by atoms with Crippen molar-refractivity contribution >= 4 is 34.4 Å². The first kappa shape index (κ1) is 20.8. The van der Waals surface area contributed by atoms with Gasteiger partial charge in [0.2, 0.25) is 0 Å². The summed E-state index contributed by atoms with van der Waals surface area (Å²) in [6.45, 7) is 0. The number of fused-ring (bicyclic) bond motifs is 1. The zero-order valence-electron chi connectivity index (χ0n) is 18.0. The summed E-state index contributed by atoms with van der Waals surface area (Å²) in [5, 5.41) is 14.4. The number of imidazole rings is 1. The summed E-state index contributed by atoms with van der Waals surface area (Å²) in [5.41, 5.74) is 9.09. The van der Waals surface area contributed by atoms with Gasteiger partial charge < -0.3 is 21.7 Å². The lowest BCUT2D eigenvalue weighted by Crippen LogP contribution is -2.33. The number of carbonyl (C=O) groups is 1. The van der Waals surface area contributed by atoms with Crippen molar-refractivity contribution in [3.8, 4) is 0 Å². The number of aromatic nitrogens is 5. The van der Waals surface area contributed by atoms with E-state index in [1.807, 2.05) is 18.2 Å². The third kappa shape index (κ3) is 4.75. The molecule has 10 heteroatoms. The molecule has 10 nitrogen and oxygen atoms in total. The number of hydrogen-bond donors (Lipinski definition) is 4. The highest BCUT2D eigenvalue weighted by atomic mass is 16.2. The minimum Gasteiger partial charge on any atom is -0.366 e. The van der Waals surface area contributed by atoms with Crippen molar-refractivity contribution < 1.29 is 4.79 Å². The molecule has 0 aliphatic heterocycles. The Kier molecular flexibility index (Phi) is 5.81. The first-order valence-electron chi connectivity index (χ1n) is 10.9. The predicted molar refractivity (Wildman–Crippen MR) is 127 cm³/mol. The molecule has 168 valence electrons. The number of nitrogens with two attached hydrogens (primary N) is 1. The van der Waals surface area contributed by atoms with Crippen molar-refractivity contribution in [3.05, 3.63) is 67.0 Å². The van der Waals surface area contributed by atoms with Gasteiger partial charge in [0.05, 0.1) is 23.8 Å². The molecule has 1 amide bonds. The van der Waals surface area contributed by atoms with Gasteiger partial charge >= 0.3 is 0 Å². The van der Waals surface area contributed by atoms with Crippen LogP contribution in [0.1, 0.15) is 36.2 Å². The van der Waals surface area contributed by atoms with E-state index in [1.165, 1.54) is 6.20 Å². The quantitative estimate of drug-likeness (QED) is 0.357. The number of nitrogens with zero attached hydrogens (tertiary/aromatic N) is 5. The van der Waals surface area contributed by atoms with E-state index < -0.39 is 0 Å². The number of nitrogens with one attached hydrogen (secondary N) is 3. The number of anilines is 4. The lowest BCUT2D eigenvalue weighted by molar-refractivity contribution is 0.102. The number of hydrogen-bond acceptors (Lipinski definition) is 8. The van der Waals surface area contributed by atoms with Gasteiger partial charge in [-0.1, -0.05) is 0 Å². The van der Waals surface area contributed by atoms with Crippen LogP contribution in [-0.2, 0) is 0 Å². The molecule has 4 aromatic heterocycles. The highest BCUT2D eigenvalue weighted by Crippen LogP contribution is 2.26. The van der Waals surface area contributed by atoms with Crippen LogP contribution in [0.3, 0.4) is 0 Å². The lowest BCUT2D eigenvalue weighted by atomic mass is 9.92. The molecule has 4 heterocycles. The molecule has 0 aromatic carbocycles. The molecular formula is C23H25N9O. The fraction of sp³-hybridized carbons (Fsp3) is 0.261. The Bertz CT molecular complexity index is 1240. The first-order chi connectivity index (χ1) is 16.2. The maximum atomic E-state index is 13.0. The Morgan fingerprint density at radius 2 is 1.82 bits per heavy atom. The molecule has 0 spiro atoms. The van der Waals surface area contributed by atoms with Crippen molar-refractivity contribution in [2.24, 2.45) is 5.73 Å². The Balaban J connectivity index is 1.49. The Labute approximate surface area is 190 Å². The Morgan fingerprint density at radius 3 is 2.58 bits per heavy atom. The molecular weight excluding hydrogens is 418 g/mol. The molecule has 0 saturated heterocycles. The molecule has 33 heavy (non-hydrogen) atoms. The van der Waals surface area contributed by atoms with Crippen LogP contribution < -0.4 is 21.7 Å². The molecule has 0 radical (unpaired) electrons. The van der Waals surface area contributed by atoms with Crippen molar-refractivity contribution in [1.82, 2.24) is 24.6 Å². The van der Waals surface area contributed by atoms with Crippen LogP contribution in [0.15, 0.2) is 61.3 Å². The molecule has 1 aliphatic carbocycles. The molecule has 5 N–H and O–H groups in total. The molecule has 4 aromatic rings. The monoisotopic (exact) mass is 443 g/mol. The Hall–Kier alpha value is -4.05. The van der Waals surface area contributed by atoms with Crippen molar-refractivity contribution in [1.29, 1.82) is 0 Å². The summed E-state index contributed by atoms with van der Waals surface area (Å²) in [7, 11) is 0. The molecule has 1 saturated carbocycles. The second-order valence-corrected chi connectivity index (χ2v) is 8.13. The Morgan fingerprint density at radius 1 is 1.00 bits per heavy atom. The van der Waals surface area contributed by atoms with Crippen LogP contribution in [0.2, 0.25) is 0 Å². The fourth-order valence-electron chi connectivity index (χ4n) is 3.98. The average Bonchev–Trinajstić information content (AvgIpc) is 3.26. The van der Waals surface area contributed by atoms with Gasteiger partial charge in [0.15, 0.2) is 11.3 Å². The van der Waals surface area contributed by atoms with Crippen molar-refractivity contribution in [3.63, 3.8) is 0 Å². The number of amides is 1. The third-order valence-corrected chi connectivity index (χ3v) is 5.70. The van der Waals surface area contributed by atoms with Gasteiger partial charge in [0.25, 0.3) is 5.91 Å². The summed E-state index contributed by atoms with van der Waals surface area (Å²) < 4.78 is 1.56. The van der Waals surface area contributed by atoms with Gasteiger partial charge in [-0.05, 0) is 49.9 Å². The summed E-state index contributed by atoms with van der Waals surface area (Å²) in [6, 6.07) is 9.67. The van der Waals surface area contributed by atoms with Crippen LogP contribution in [0, 0.1) is 0 Å². The highest BCUT2D eigenvalue weighted by molar-refractivity contribution is 6.03. The van der Waals surface area contributed by atoms with E-state index in [-0.39, 0.29) is 18.0 Å². The van der Waals surface area contributed by atoms with E-state index in [9.17, 15) is 4.79 Å². The van der Waals surface area contributed by atoms with E-state index in [0.29, 0.717) is 22.8 Å². The average molecular weight is 444 g/mol. The van der Waals surface area contributed by atoms with Gasteiger partial charge in [-0.2, -0.15) is 0 Å². The van der Waals surface area contributed by atoms with Crippen molar-refractivity contribution in [2.75, 3.05) is 16.0 Å². The van der Waals surface area contributed by atoms with Crippen LogP contribution in [0.4, 0.5) is 22.9 Å². The van der Waals surface area contributed by atoms with Gasteiger partial charge in [0, 0.05) is 42.4 Å². The first-order valence-corrected chi connectivity index (χ1v) is 10.9. The second-order valence-electron chi connectivity index (χ2n) is 8.13. The van der Waals surface area contributed by atoms with Crippen LogP contribution in [0.25, 0.3) is 5.65 Å². The van der Waals surface area contributed by atoms with E-state index in [4.69, 9.17) is 10.8 Å². The van der Waals surface area contributed by atoms with E-state index in [0.717, 1.165) is 37.1 Å². The number of carbonyl (C=O) groups excluding carboxylic acids is 1. The number of rotatable bonds is 6. The summed E-state index contributed by atoms with van der Waals surface area (Å²) in [5.74, 6) is 0.347. The minimum atomic E-state index is -0.311. The fourth-order valence-corrected chi connectivity index (χ4v) is 3.98. The normalized spacial score (nSPS) is 18.1. The molecule has 1 fully saturated rings. The number of pyridine rings is 2. The van der Waals surface area contributed by atoms with Crippen LogP contribution in [-0.4, -0.2) is 42.6 Å². The SMILES string of the molecule is NC1CCC(Nc2cc(Nc3cccnc3)c3ncc(C(=O)Nc4ccncc4)n3n2)CC1. The molecule has 0 unspecified atom stereocenters. The molecule has 5 rings (SSSR count). The van der Waals surface area contributed by atoms with E-state index in [1.54, 1.807) is 41.4 Å². The van der Waals surface area contributed by atoms with Gasteiger partial charge in [-0.3, -0.25) is 14.8 Å². The predicted octanol–water partition coefficient (Wildman–Crippen LogP) is 3.20. The summed E-state index contributed by atoms with van der Waals surface area (Å²) >= 11 is 0. The zero-order valence-corrected chi connectivity index (χ0v) is 18.0. The molecule has 0 atom stereocenters. The standard InChI is InChI=1S/C23H25N9O/c24-15-3-5-16(6-4-15)29-21-12-19(28-18-2-1-9-26-13-18)22-27-14-20(32(22)31-21)23(33)30-17-7-10-25-11-8-17/h1-2,7-16,28H,3-6,24H2,(H,29,31)(H,25,30,33). The topological polar surface area (TPSA) is 135 Å². The van der Waals surface area contributed by atoms with Gasteiger partial charge in [-0.25, -0.2) is 9.50 Å². The highest BCUT2D eigenvalue weighted by Gasteiger charge is 2.21. The van der Waals surface area contributed by atoms with E-state index >= 15 is 0 Å². The summed E-state index contributed by atoms with van der Waals surface area (Å²) in [6.07, 6.45) is 12.1. The van der Waals surface area contributed by atoms with Crippen LogP contribution >= 0.6 is 0 Å². The minimum absolute atomic E-state index is 0.262. The molecule has 0 bridgehead atoms. The summed E-state index contributed by atoms with van der Waals surface area (Å²) in [4.78, 5) is 25.6. The maximum Gasteiger partial charge on any atom is 0.276 e. The van der Waals surface area contributed by atoms with Crippen molar-refractivity contribution in [2.45, 2.75) is 37.8 Å². The van der Waals surface area contributed by atoms with E-state index in [2.05, 4.69) is 30.9 Å². The van der Waals surface area contributed by atoms with Gasteiger partial charge in [0.1, 0.15) is 5.82 Å². The molecule has 1 aliphatic rings. The largest absolute Gasteiger partial charge is 0.366 e. The smallest absolute Gasteiger partial charge is 0.276 e. The van der Waals surface area contributed by atoms with Gasteiger partial charge in [-0.15, -0.1) is 5.10 Å². The second kappa shape index (κ2) is 9.21. The third-order valence-electron chi connectivity index (χ3n) is 5.70. The van der Waals surface area contributed by atoms with Crippen LogP contribution in [0.5, 0.6) is 0 Å².